The second kappa shape index (κ2) is 4.55. The van der Waals surface area contributed by atoms with Gasteiger partial charge in [0.05, 0.1) is 12.2 Å². The first kappa shape index (κ1) is 10.4. The van der Waals surface area contributed by atoms with Crippen molar-refractivity contribution >= 4 is 28.6 Å². The Hall–Kier alpha value is -0.650. The molecular weight excluding hydrogens is 286 g/mol. The minimum absolute atomic E-state index is 0.280. The lowest BCUT2D eigenvalue weighted by atomic mass is 10.2. The van der Waals surface area contributed by atoms with E-state index in [-0.39, 0.29) is 5.56 Å². The zero-order valence-electron chi connectivity index (χ0n) is 7.01. The first-order chi connectivity index (χ1) is 6.15. The zero-order chi connectivity index (χ0) is 9.84. The van der Waals surface area contributed by atoms with Crippen LogP contribution in [-0.2, 0) is 4.74 Å². The molecule has 0 spiro atoms. The van der Waals surface area contributed by atoms with Gasteiger partial charge in [0.1, 0.15) is 5.82 Å². The largest absolute Gasteiger partial charge is 0.462 e. The summed E-state index contributed by atoms with van der Waals surface area (Å²) >= 11 is 1.96. The van der Waals surface area contributed by atoms with E-state index in [2.05, 4.69) is 0 Å². The van der Waals surface area contributed by atoms with Crippen molar-refractivity contribution in [2.24, 2.45) is 0 Å². The molecule has 1 rings (SSSR count). The first-order valence-electron chi connectivity index (χ1n) is 3.77. The Morgan fingerprint density at radius 3 is 2.92 bits per heavy atom. The SMILES string of the molecule is CCOC(=O)c1cc(F)ccc1I. The second-order valence-corrected chi connectivity index (χ2v) is 3.51. The van der Waals surface area contributed by atoms with Gasteiger partial charge in [-0.05, 0) is 47.7 Å². The maximum atomic E-state index is 12.7. The van der Waals surface area contributed by atoms with E-state index in [0.717, 1.165) is 0 Å². The number of carbonyl (C=O) groups is 1. The average molecular weight is 294 g/mol. The molecule has 0 atom stereocenters. The number of rotatable bonds is 2. The van der Waals surface area contributed by atoms with Crippen LogP contribution in [0.1, 0.15) is 17.3 Å². The van der Waals surface area contributed by atoms with E-state index in [9.17, 15) is 9.18 Å². The van der Waals surface area contributed by atoms with Gasteiger partial charge in [0.15, 0.2) is 0 Å². The Balaban J connectivity index is 2.99. The molecule has 70 valence electrons. The standard InChI is InChI=1S/C9H8FIO2/c1-2-13-9(12)7-5-6(10)3-4-8(7)11/h3-5H,2H2,1H3. The summed E-state index contributed by atoms with van der Waals surface area (Å²) in [5.41, 5.74) is 0.280. The Morgan fingerprint density at radius 1 is 1.62 bits per heavy atom. The molecule has 0 amide bonds. The van der Waals surface area contributed by atoms with Gasteiger partial charge in [0.25, 0.3) is 0 Å². The van der Waals surface area contributed by atoms with Crippen molar-refractivity contribution in [2.45, 2.75) is 6.92 Å². The Morgan fingerprint density at radius 2 is 2.31 bits per heavy atom. The number of carbonyl (C=O) groups excluding carboxylic acids is 1. The Labute approximate surface area is 89.2 Å². The van der Waals surface area contributed by atoms with Crippen LogP contribution in [0.5, 0.6) is 0 Å². The lowest BCUT2D eigenvalue weighted by Crippen LogP contribution is -2.06. The van der Waals surface area contributed by atoms with Crippen LogP contribution in [-0.4, -0.2) is 12.6 Å². The fourth-order valence-electron chi connectivity index (χ4n) is 0.863. The van der Waals surface area contributed by atoms with Gasteiger partial charge in [-0.2, -0.15) is 0 Å². The van der Waals surface area contributed by atoms with E-state index in [1.54, 1.807) is 13.0 Å². The molecule has 0 aliphatic heterocycles. The zero-order valence-corrected chi connectivity index (χ0v) is 9.17. The molecule has 0 N–H and O–H groups in total. The summed E-state index contributed by atoms with van der Waals surface area (Å²) in [5, 5.41) is 0. The molecule has 0 radical (unpaired) electrons. The molecule has 0 aliphatic carbocycles. The number of esters is 1. The predicted octanol–water partition coefficient (Wildman–Crippen LogP) is 2.61. The Bertz CT molecular complexity index is 325. The fourth-order valence-corrected chi connectivity index (χ4v) is 1.42. The maximum Gasteiger partial charge on any atom is 0.339 e. The molecule has 0 aromatic heterocycles. The highest BCUT2D eigenvalue weighted by atomic mass is 127. The summed E-state index contributed by atoms with van der Waals surface area (Å²) in [6.45, 7) is 2.01. The van der Waals surface area contributed by atoms with Crippen molar-refractivity contribution in [3.05, 3.63) is 33.1 Å². The van der Waals surface area contributed by atoms with Gasteiger partial charge in [-0.1, -0.05) is 0 Å². The van der Waals surface area contributed by atoms with Crippen molar-refractivity contribution < 1.29 is 13.9 Å². The minimum atomic E-state index is -0.480. The smallest absolute Gasteiger partial charge is 0.339 e. The van der Waals surface area contributed by atoms with Gasteiger partial charge in [-0.3, -0.25) is 0 Å². The minimum Gasteiger partial charge on any atom is -0.462 e. The summed E-state index contributed by atoms with van der Waals surface area (Å²) in [7, 11) is 0. The van der Waals surface area contributed by atoms with Crippen molar-refractivity contribution in [1.29, 1.82) is 0 Å². The van der Waals surface area contributed by atoms with Crippen molar-refractivity contribution in [1.82, 2.24) is 0 Å². The summed E-state index contributed by atoms with van der Waals surface area (Å²) in [6, 6.07) is 4.03. The second-order valence-electron chi connectivity index (χ2n) is 2.34. The third kappa shape index (κ3) is 2.65. The van der Waals surface area contributed by atoms with Crippen LogP contribution in [0, 0.1) is 9.39 Å². The normalized spacial score (nSPS) is 9.77. The van der Waals surface area contributed by atoms with Gasteiger partial charge >= 0.3 is 5.97 Å². The van der Waals surface area contributed by atoms with Crippen LogP contribution < -0.4 is 0 Å². The van der Waals surface area contributed by atoms with E-state index in [1.807, 2.05) is 22.6 Å². The molecule has 13 heavy (non-hydrogen) atoms. The lowest BCUT2D eigenvalue weighted by Gasteiger charge is -2.03. The van der Waals surface area contributed by atoms with Crippen molar-refractivity contribution in [3.8, 4) is 0 Å². The third-order valence-electron chi connectivity index (χ3n) is 1.42. The summed E-state index contributed by atoms with van der Waals surface area (Å²) < 4.78 is 18.2. The topological polar surface area (TPSA) is 26.3 Å². The molecule has 0 fully saturated rings. The van der Waals surface area contributed by atoms with E-state index in [0.29, 0.717) is 10.2 Å². The van der Waals surface area contributed by atoms with Crippen LogP contribution in [0.25, 0.3) is 0 Å². The monoisotopic (exact) mass is 294 g/mol. The van der Waals surface area contributed by atoms with E-state index >= 15 is 0 Å². The van der Waals surface area contributed by atoms with Gasteiger partial charge < -0.3 is 4.74 Å². The molecule has 0 saturated carbocycles. The number of ether oxygens (including phenoxy) is 1. The molecule has 0 bridgehead atoms. The molecule has 2 nitrogen and oxygen atoms in total. The molecule has 0 heterocycles. The molecule has 0 saturated heterocycles. The summed E-state index contributed by atoms with van der Waals surface area (Å²) in [5.74, 6) is -0.908. The first-order valence-corrected chi connectivity index (χ1v) is 4.85. The van der Waals surface area contributed by atoms with E-state index < -0.39 is 11.8 Å². The predicted molar refractivity (Wildman–Crippen MR) is 55.1 cm³/mol. The summed E-state index contributed by atoms with van der Waals surface area (Å²) in [4.78, 5) is 11.2. The van der Waals surface area contributed by atoms with Crippen LogP contribution in [0.2, 0.25) is 0 Å². The van der Waals surface area contributed by atoms with Crippen molar-refractivity contribution in [2.75, 3.05) is 6.61 Å². The highest BCUT2D eigenvalue weighted by Crippen LogP contribution is 2.14. The highest BCUT2D eigenvalue weighted by Gasteiger charge is 2.11. The Kier molecular flexibility index (Phi) is 3.65. The van der Waals surface area contributed by atoms with Gasteiger partial charge in [-0.15, -0.1) is 0 Å². The number of benzene rings is 1. The summed E-state index contributed by atoms with van der Waals surface area (Å²) in [6.07, 6.45) is 0. The maximum absolute atomic E-state index is 12.7. The molecule has 0 unspecified atom stereocenters. The van der Waals surface area contributed by atoms with Crippen molar-refractivity contribution in [3.63, 3.8) is 0 Å². The molecular formula is C9H8FIO2. The highest BCUT2D eigenvalue weighted by molar-refractivity contribution is 14.1. The van der Waals surface area contributed by atoms with Crippen LogP contribution in [0.4, 0.5) is 4.39 Å². The molecule has 4 heteroatoms. The van der Waals surface area contributed by atoms with E-state index in [4.69, 9.17) is 4.74 Å². The number of halogens is 2. The average Bonchev–Trinajstić information content (AvgIpc) is 2.09. The van der Waals surface area contributed by atoms with Crippen LogP contribution >= 0.6 is 22.6 Å². The lowest BCUT2D eigenvalue weighted by molar-refractivity contribution is 0.0524. The fraction of sp³-hybridized carbons (Fsp3) is 0.222. The van der Waals surface area contributed by atoms with Crippen LogP contribution in [0.3, 0.4) is 0 Å². The quantitative estimate of drug-likeness (QED) is 0.619. The number of hydrogen-bond acceptors (Lipinski definition) is 2. The van der Waals surface area contributed by atoms with Gasteiger partial charge in [0.2, 0.25) is 0 Å². The molecule has 1 aromatic carbocycles. The van der Waals surface area contributed by atoms with E-state index in [1.165, 1.54) is 12.1 Å². The molecule has 1 aromatic rings. The molecule has 0 aliphatic rings. The third-order valence-corrected chi connectivity index (χ3v) is 2.36. The number of hydrogen-bond donors (Lipinski definition) is 0. The van der Waals surface area contributed by atoms with Crippen LogP contribution in [0.15, 0.2) is 18.2 Å². The van der Waals surface area contributed by atoms with Gasteiger partial charge in [-0.25, -0.2) is 9.18 Å². The van der Waals surface area contributed by atoms with Gasteiger partial charge in [0, 0.05) is 3.57 Å².